The minimum atomic E-state index is 0.0683. The fraction of sp³-hybridized carbons (Fsp3) is 0.333. The number of aryl methyl sites for hydroxylation is 2. The number of aromatic amines is 1. The van der Waals surface area contributed by atoms with E-state index in [1.807, 2.05) is 22.9 Å². The van der Waals surface area contributed by atoms with Crippen molar-refractivity contribution >= 4 is 16.8 Å². The van der Waals surface area contributed by atoms with Gasteiger partial charge in [-0.3, -0.25) is 9.89 Å². The Morgan fingerprint density at radius 1 is 1.43 bits per heavy atom. The van der Waals surface area contributed by atoms with Crippen molar-refractivity contribution in [2.24, 2.45) is 0 Å². The zero-order valence-electron chi connectivity index (χ0n) is 13.2. The highest BCUT2D eigenvalue weighted by Crippen LogP contribution is 2.21. The van der Waals surface area contributed by atoms with E-state index >= 15 is 0 Å². The quantitative estimate of drug-likeness (QED) is 0.780. The third-order valence-corrected chi connectivity index (χ3v) is 4.69. The number of carbonyl (C=O) groups excluding carboxylic acids is 1. The monoisotopic (exact) mass is 308 g/mol. The molecular weight excluding hydrogens is 288 g/mol. The van der Waals surface area contributed by atoms with Crippen LogP contribution in [0.15, 0.2) is 36.7 Å². The minimum Gasteiger partial charge on any atom is -0.351 e. The van der Waals surface area contributed by atoms with Gasteiger partial charge in [0.25, 0.3) is 0 Å². The van der Waals surface area contributed by atoms with Gasteiger partial charge in [0, 0.05) is 35.3 Å². The van der Waals surface area contributed by atoms with Crippen LogP contribution >= 0.6 is 0 Å². The van der Waals surface area contributed by atoms with Gasteiger partial charge in [-0.25, -0.2) is 0 Å². The molecular formula is C18H20N4O. The van der Waals surface area contributed by atoms with E-state index in [9.17, 15) is 4.79 Å². The molecule has 23 heavy (non-hydrogen) atoms. The first-order chi connectivity index (χ1) is 11.2. The summed E-state index contributed by atoms with van der Waals surface area (Å²) in [6.45, 7) is 2.44. The summed E-state index contributed by atoms with van der Waals surface area (Å²) in [5, 5.41) is 11.5. The molecule has 0 fully saturated rings. The van der Waals surface area contributed by atoms with Crippen LogP contribution in [0, 0.1) is 6.92 Å². The van der Waals surface area contributed by atoms with Gasteiger partial charge in [-0.2, -0.15) is 5.10 Å². The molecule has 0 spiro atoms. The number of benzene rings is 1. The maximum atomic E-state index is 12.4. The summed E-state index contributed by atoms with van der Waals surface area (Å²) >= 11 is 0. The van der Waals surface area contributed by atoms with Gasteiger partial charge in [0.05, 0.1) is 6.20 Å². The van der Waals surface area contributed by atoms with Crippen molar-refractivity contribution < 1.29 is 4.79 Å². The van der Waals surface area contributed by atoms with Crippen LogP contribution in [0.25, 0.3) is 10.9 Å². The second kappa shape index (κ2) is 5.57. The zero-order valence-corrected chi connectivity index (χ0v) is 13.2. The molecule has 2 N–H and O–H groups in total. The molecule has 1 aromatic carbocycles. The Morgan fingerprint density at radius 3 is 3.22 bits per heavy atom. The summed E-state index contributed by atoms with van der Waals surface area (Å²) in [5.41, 5.74) is 4.75. The van der Waals surface area contributed by atoms with Gasteiger partial charge in [0.15, 0.2) is 0 Å². The molecule has 0 aliphatic heterocycles. The van der Waals surface area contributed by atoms with E-state index in [1.165, 1.54) is 16.5 Å². The summed E-state index contributed by atoms with van der Waals surface area (Å²) in [4.78, 5) is 12.4. The third-order valence-electron chi connectivity index (χ3n) is 4.69. The highest BCUT2D eigenvalue weighted by Gasteiger charge is 2.21. The first-order valence-electron chi connectivity index (χ1n) is 8.05. The molecule has 2 heterocycles. The fourth-order valence-electron chi connectivity index (χ4n) is 3.52. The van der Waals surface area contributed by atoms with Crippen molar-refractivity contribution in [3.63, 3.8) is 0 Å². The molecule has 1 unspecified atom stereocenters. The summed E-state index contributed by atoms with van der Waals surface area (Å²) in [5.74, 6) is 0.0683. The number of hydrogen-bond donors (Lipinski definition) is 2. The van der Waals surface area contributed by atoms with Crippen LogP contribution in [0.5, 0.6) is 0 Å². The third kappa shape index (κ3) is 2.63. The lowest BCUT2D eigenvalue weighted by molar-refractivity contribution is -0.122. The largest absolute Gasteiger partial charge is 0.351 e. The van der Waals surface area contributed by atoms with Crippen molar-refractivity contribution in [2.45, 2.75) is 38.8 Å². The molecule has 0 bridgehead atoms. The number of H-pyrrole nitrogens is 1. The molecule has 2 aromatic heterocycles. The number of fused-ring (bicyclic) bond motifs is 2. The second-order valence-corrected chi connectivity index (χ2v) is 6.34. The number of rotatable bonds is 3. The van der Waals surface area contributed by atoms with Gasteiger partial charge in [-0.15, -0.1) is 0 Å². The van der Waals surface area contributed by atoms with Gasteiger partial charge >= 0.3 is 0 Å². The van der Waals surface area contributed by atoms with E-state index in [2.05, 4.69) is 40.8 Å². The number of hydrogen-bond acceptors (Lipinski definition) is 2. The van der Waals surface area contributed by atoms with E-state index in [4.69, 9.17) is 0 Å². The summed E-state index contributed by atoms with van der Waals surface area (Å²) in [7, 11) is 0. The van der Waals surface area contributed by atoms with E-state index in [0.29, 0.717) is 6.54 Å². The van der Waals surface area contributed by atoms with Crippen LogP contribution in [0.4, 0.5) is 0 Å². The maximum Gasteiger partial charge on any atom is 0.240 e. The average molecular weight is 308 g/mol. The Balaban J connectivity index is 1.46. The number of nitrogens with one attached hydrogen (secondary N) is 2. The number of amides is 1. The molecule has 3 aromatic rings. The Kier molecular flexibility index (Phi) is 3.41. The molecule has 4 rings (SSSR count). The molecule has 0 saturated carbocycles. The molecule has 0 radical (unpaired) electrons. The fourth-order valence-corrected chi connectivity index (χ4v) is 3.52. The zero-order chi connectivity index (χ0) is 15.8. The second-order valence-electron chi connectivity index (χ2n) is 6.34. The van der Waals surface area contributed by atoms with Gasteiger partial charge in [0.1, 0.15) is 6.54 Å². The lowest BCUT2D eigenvalue weighted by Gasteiger charge is -2.23. The van der Waals surface area contributed by atoms with Gasteiger partial charge in [-0.05, 0) is 37.0 Å². The highest BCUT2D eigenvalue weighted by atomic mass is 16.2. The first kappa shape index (κ1) is 14.1. The predicted octanol–water partition coefficient (Wildman–Crippen LogP) is 2.35. The highest BCUT2D eigenvalue weighted by molar-refractivity contribution is 5.86. The van der Waals surface area contributed by atoms with E-state index in [1.54, 1.807) is 0 Å². The van der Waals surface area contributed by atoms with Gasteiger partial charge in [0.2, 0.25) is 5.91 Å². The van der Waals surface area contributed by atoms with E-state index in [-0.39, 0.29) is 11.9 Å². The van der Waals surface area contributed by atoms with Gasteiger partial charge < -0.3 is 9.88 Å². The first-order valence-corrected chi connectivity index (χ1v) is 8.05. The summed E-state index contributed by atoms with van der Waals surface area (Å²) < 4.78 is 2.03. The number of para-hydroxylation sites is 1. The van der Waals surface area contributed by atoms with Crippen LogP contribution in [-0.2, 0) is 24.2 Å². The lowest BCUT2D eigenvalue weighted by atomic mass is 9.94. The Morgan fingerprint density at radius 2 is 2.30 bits per heavy atom. The standard InChI is InChI=1S/C18H20N4O/c1-12-10-22(17-5-3-2-4-15(12)17)11-18(23)20-14-7-6-13-9-19-21-16(13)8-14/h2-5,9-10,14H,6-8,11H2,1H3,(H,19,21)(H,20,23). The molecule has 1 aliphatic rings. The number of aromatic nitrogens is 3. The van der Waals surface area contributed by atoms with E-state index < -0.39 is 0 Å². The van der Waals surface area contributed by atoms with Crippen molar-refractivity contribution in [3.05, 3.63) is 53.5 Å². The van der Waals surface area contributed by atoms with E-state index in [0.717, 1.165) is 30.5 Å². The lowest BCUT2D eigenvalue weighted by Crippen LogP contribution is -2.40. The van der Waals surface area contributed by atoms with Crippen molar-refractivity contribution in [1.29, 1.82) is 0 Å². The molecule has 5 heteroatoms. The molecule has 118 valence electrons. The summed E-state index contributed by atoms with van der Waals surface area (Å²) in [6.07, 6.45) is 6.73. The van der Waals surface area contributed by atoms with Crippen molar-refractivity contribution in [3.8, 4) is 0 Å². The smallest absolute Gasteiger partial charge is 0.240 e. The SMILES string of the molecule is Cc1cn(CC(=O)NC2CCc3cn[nH]c3C2)c2ccccc12. The average Bonchev–Trinajstić information content (AvgIpc) is 3.12. The number of nitrogens with zero attached hydrogens (tertiary/aromatic N) is 2. The molecule has 1 aliphatic carbocycles. The number of carbonyl (C=O) groups is 1. The molecule has 5 nitrogen and oxygen atoms in total. The molecule has 0 saturated heterocycles. The van der Waals surface area contributed by atoms with Crippen LogP contribution in [0.2, 0.25) is 0 Å². The molecule has 1 atom stereocenters. The topological polar surface area (TPSA) is 62.7 Å². The van der Waals surface area contributed by atoms with Crippen LogP contribution in [-0.4, -0.2) is 26.7 Å². The van der Waals surface area contributed by atoms with Crippen molar-refractivity contribution in [2.75, 3.05) is 0 Å². The Labute approximate surface area is 134 Å². The maximum absolute atomic E-state index is 12.4. The van der Waals surface area contributed by atoms with Crippen LogP contribution in [0.1, 0.15) is 23.2 Å². The van der Waals surface area contributed by atoms with Crippen LogP contribution < -0.4 is 5.32 Å². The predicted molar refractivity (Wildman–Crippen MR) is 89.2 cm³/mol. The normalized spacial score (nSPS) is 17.2. The van der Waals surface area contributed by atoms with Gasteiger partial charge in [-0.1, -0.05) is 18.2 Å². The van der Waals surface area contributed by atoms with Crippen LogP contribution in [0.3, 0.4) is 0 Å². The minimum absolute atomic E-state index is 0.0683. The Hall–Kier alpha value is -2.56. The van der Waals surface area contributed by atoms with Crippen molar-refractivity contribution in [1.82, 2.24) is 20.1 Å². The summed E-state index contributed by atoms with van der Waals surface area (Å²) in [6, 6.07) is 8.40. The Bertz CT molecular complexity index is 861. The molecule has 1 amide bonds.